The Hall–Kier alpha value is -2.73. The molecule has 25 heavy (non-hydrogen) atoms. The number of halogens is 1. The Balaban J connectivity index is 1.70. The van der Waals surface area contributed by atoms with E-state index in [1.54, 1.807) is 19.3 Å². The number of pyridine rings is 1. The topological polar surface area (TPSA) is 74.7 Å². The number of hydrazone groups is 1. The maximum absolute atomic E-state index is 12.3. The Morgan fingerprint density at radius 3 is 2.88 bits per heavy atom. The lowest BCUT2D eigenvalue weighted by Crippen LogP contribution is -2.34. The lowest BCUT2D eigenvalue weighted by molar-refractivity contribution is -0.130. The first-order chi connectivity index (χ1) is 12.0. The molecular formula is C18H17ClN4O2. The molecule has 0 saturated heterocycles. The summed E-state index contributed by atoms with van der Waals surface area (Å²) in [7, 11) is 1.55. The molecule has 0 aliphatic carbocycles. The van der Waals surface area contributed by atoms with Gasteiger partial charge in [0.1, 0.15) is 5.71 Å². The smallest absolute Gasteiger partial charge is 0.271 e. The van der Waals surface area contributed by atoms with Crippen molar-refractivity contribution in [3.05, 3.63) is 58.9 Å². The van der Waals surface area contributed by atoms with Gasteiger partial charge in [-0.3, -0.25) is 14.6 Å². The third-order valence-corrected chi connectivity index (χ3v) is 4.05. The van der Waals surface area contributed by atoms with Crippen LogP contribution in [0.5, 0.6) is 0 Å². The zero-order valence-corrected chi connectivity index (χ0v) is 14.5. The summed E-state index contributed by atoms with van der Waals surface area (Å²) in [6.45, 7) is 0. The number of amides is 2. The number of carbonyl (C=O) groups excluding carboxylic acids is 2. The van der Waals surface area contributed by atoms with Crippen molar-refractivity contribution in [1.82, 2.24) is 9.99 Å². The predicted molar refractivity (Wildman–Crippen MR) is 96.6 cm³/mol. The summed E-state index contributed by atoms with van der Waals surface area (Å²) >= 11 is 6.00. The van der Waals surface area contributed by atoms with Crippen LogP contribution in [0, 0.1) is 0 Å². The molecule has 0 bridgehead atoms. The van der Waals surface area contributed by atoms with Crippen molar-refractivity contribution in [3.8, 4) is 0 Å². The number of aromatic nitrogens is 1. The van der Waals surface area contributed by atoms with Gasteiger partial charge in [-0.15, -0.1) is 0 Å². The van der Waals surface area contributed by atoms with Crippen LogP contribution in [0.4, 0.5) is 5.69 Å². The third-order valence-electron chi connectivity index (χ3n) is 3.82. The number of anilines is 1. The van der Waals surface area contributed by atoms with Crippen LogP contribution < -0.4 is 5.32 Å². The highest BCUT2D eigenvalue weighted by Crippen LogP contribution is 2.16. The second kappa shape index (κ2) is 7.44. The molecule has 0 radical (unpaired) electrons. The molecule has 128 valence electrons. The van der Waals surface area contributed by atoms with Gasteiger partial charge in [-0.25, -0.2) is 5.01 Å². The first kappa shape index (κ1) is 17.1. The second-order valence-corrected chi connectivity index (χ2v) is 6.20. The highest BCUT2D eigenvalue weighted by molar-refractivity contribution is 6.43. The Labute approximate surface area is 150 Å². The van der Waals surface area contributed by atoms with E-state index < -0.39 is 0 Å². The number of benzene rings is 1. The maximum Gasteiger partial charge on any atom is 0.271 e. The third kappa shape index (κ3) is 4.42. The van der Waals surface area contributed by atoms with E-state index in [2.05, 4.69) is 15.4 Å². The molecule has 7 heteroatoms. The van der Waals surface area contributed by atoms with Crippen molar-refractivity contribution >= 4 is 34.8 Å². The van der Waals surface area contributed by atoms with Gasteiger partial charge in [-0.1, -0.05) is 23.7 Å². The van der Waals surface area contributed by atoms with Gasteiger partial charge in [0.25, 0.3) is 5.91 Å². The van der Waals surface area contributed by atoms with Crippen molar-refractivity contribution in [2.45, 2.75) is 19.3 Å². The number of carbonyl (C=O) groups is 2. The quantitative estimate of drug-likeness (QED) is 0.915. The molecule has 2 heterocycles. The Morgan fingerprint density at radius 2 is 2.12 bits per heavy atom. The van der Waals surface area contributed by atoms with Crippen molar-refractivity contribution in [2.24, 2.45) is 5.10 Å². The van der Waals surface area contributed by atoms with Gasteiger partial charge < -0.3 is 5.32 Å². The Kier molecular flexibility index (Phi) is 5.09. The lowest BCUT2D eigenvalue weighted by atomic mass is 10.1. The molecule has 0 saturated carbocycles. The second-order valence-electron chi connectivity index (χ2n) is 5.76. The number of rotatable bonds is 4. The van der Waals surface area contributed by atoms with Gasteiger partial charge in [0.15, 0.2) is 0 Å². The average Bonchev–Trinajstić information content (AvgIpc) is 2.57. The minimum atomic E-state index is -0.306. The fourth-order valence-corrected chi connectivity index (χ4v) is 2.76. The number of nitrogens with zero attached hydrogens (tertiary/aromatic N) is 3. The number of hydrogen-bond acceptors (Lipinski definition) is 4. The molecule has 1 aromatic heterocycles. The van der Waals surface area contributed by atoms with Crippen molar-refractivity contribution in [2.75, 3.05) is 12.4 Å². The SMILES string of the molecule is CN1N=C(C(=O)Nc2ccnc(Cc3cccc(Cl)c3)c2)CCC1=O. The molecule has 1 aliphatic heterocycles. The maximum atomic E-state index is 12.3. The highest BCUT2D eigenvalue weighted by Gasteiger charge is 2.22. The van der Waals surface area contributed by atoms with Gasteiger partial charge >= 0.3 is 0 Å². The molecule has 0 spiro atoms. The standard InChI is InChI=1S/C18H17ClN4O2/c1-23-17(24)6-5-16(22-23)18(25)21-14-7-8-20-15(11-14)10-12-3-2-4-13(19)9-12/h2-4,7-9,11H,5-6,10H2,1H3,(H,20,21,25). The largest absolute Gasteiger partial charge is 0.321 e. The van der Waals surface area contributed by atoms with E-state index in [4.69, 9.17) is 11.6 Å². The van der Waals surface area contributed by atoms with E-state index in [0.29, 0.717) is 35.7 Å². The Morgan fingerprint density at radius 1 is 1.28 bits per heavy atom. The van der Waals surface area contributed by atoms with Crippen LogP contribution in [-0.4, -0.2) is 34.6 Å². The molecule has 3 rings (SSSR count). The van der Waals surface area contributed by atoms with E-state index in [0.717, 1.165) is 11.3 Å². The van der Waals surface area contributed by atoms with Gasteiger partial charge in [-0.2, -0.15) is 5.10 Å². The fourth-order valence-electron chi connectivity index (χ4n) is 2.54. The summed E-state index contributed by atoms with van der Waals surface area (Å²) < 4.78 is 0. The summed E-state index contributed by atoms with van der Waals surface area (Å²) in [5, 5.41) is 8.71. The normalized spacial score (nSPS) is 14.2. The molecule has 1 aliphatic rings. The minimum absolute atomic E-state index is 0.0933. The van der Waals surface area contributed by atoms with Gasteiger partial charge in [-0.05, 0) is 29.8 Å². The number of nitrogens with one attached hydrogen (secondary N) is 1. The monoisotopic (exact) mass is 356 g/mol. The summed E-state index contributed by atoms with van der Waals surface area (Å²) in [4.78, 5) is 28.1. The van der Waals surface area contributed by atoms with E-state index in [9.17, 15) is 9.59 Å². The van der Waals surface area contributed by atoms with Crippen LogP contribution in [0.25, 0.3) is 0 Å². The zero-order valence-electron chi connectivity index (χ0n) is 13.7. The molecule has 0 atom stereocenters. The minimum Gasteiger partial charge on any atom is -0.321 e. The van der Waals surface area contributed by atoms with Gasteiger partial charge in [0, 0.05) is 48.9 Å². The van der Waals surface area contributed by atoms with Crippen molar-refractivity contribution < 1.29 is 9.59 Å². The highest BCUT2D eigenvalue weighted by atomic mass is 35.5. The average molecular weight is 357 g/mol. The number of hydrogen-bond donors (Lipinski definition) is 1. The molecule has 0 unspecified atom stereocenters. The molecule has 2 aromatic rings. The molecule has 1 aromatic carbocycles. The van der Waals surface area contributed by atoms with Crippen LogP contribution >= 0.6 is 11.6 Å². The fraction of sp³-hybridized carbons (Fsp3) is 0.222. The first-order valence-electron chi connectivity index (χ1n) is 7.86. The van der Waals surface area contributed by atoms with Crippen LogP contribution in [0.1, 0.15) is 24.1 Å². The first-order valence-corrected chi connectivity index (χ1v) is 8.24. The molecule has 1 N–H and O–H groups in total. The summed E-state index contributed by atoms with van der Waals surface area (Å²) in [5.41, 5.74) is 2.84. The zero-order chi connectivity index (χ0) is 17.8. The molecule has 6 nitrogen and oxygen atoms in total. The molecule has 2 amide bonds. The van der Waals surface area contributed by atoms with Crippen LogP contribution in [0.2, 0.25) is 5.02 Å². The van der Waals surface area contributed by atoms with Crippen molar-refractivity contribution in [1.29, 1.82) is 0 Å². The van der Waals surface area contributed by atoms with Gasteiger partial charge in [0.05, 0.1) is 0 Å². The van der Waals surface area contributed by atoms with E-state index in [1.807, 2.05) is 30.3 Å². The van der Waals surface area contributed by atoms with E-state index in [1.165, 1.54) is 5.01 Å². The van der Waals surface area contributed by atoms with Gasteiger partial charge in [0.2, 0.25) is 5.91 Å². The van der Waals surface area contributed by atoms with Crippen molar-refractivity contribution in [3.63, 3.8) is 0 Å². The van der Waals surface area contributed by atoms with Crippen LogP contribution in [0.15, 0.2) is 47.7 Å². The summed E-state index contributed by atoms with van der Waals surface area (Å²) in [6.07, 6.45) is 2.89. The Bertz CT molecular complexity index is 850. The van der Waals surface area contributed by atoms with E-state index in [-0.39, 0.29) is 11.8 Å². The van der Waals surface area contributed by atoms with E-state index >= 15 is 0 Å². The molecule has 0 fully saturated rings. The summed E-state index contributed by atoms with van der Waals surface area (Å²) in [5.74, 6) is -0.400. The lowest BCUT2D eigenvalue weighted by Gasteiger charge is -2.19. The van der Waals surface area contributed by atoms with Crippen LogP contribution in [0.3, 0.4) is 0 Å². The van der Waals surface area contributed by atoms with Crippen LogP contribution in [-0.2, 0) is 16.0 Å². The molecular weight excluding hydrogens is 340 g/mol. The predicted octanol–water partition coefficient (Wildman–Crippen LogP) is 2.87. The summed E-state index contributed by atoms with van der Waals surface area (Å²) in [6, 6.07) is 11.1.